The third-order valence-electron chi connectivity index (χ3n) is 3.69. The SMILES string of the molecule is CCN(C(=O)c1cc(NCc2ccccn2)ncn1)c1ccccc1. The maximum atomic E-state index is 12.8. The van der Waals surface area contributed by atoms with Crippen LogP contribution in [0.25, 0.3) is 0 Å². The van der Waals surface area contributed by atoms with Crippen molar-refractivity contribution in [3.63, 3.8) is 0 Å². The molecule has 0 saturated carbocycles. The standard InChI is InChI=1S/C19H19N5O/c1-2-24(16-9-4-3-5-10-16)19(25)17-12-18(23-14-22-17)21-13-15-8-6-7-11-20-15/h3-12,14H,2,13H2,1H3,(H,21,22,23). The Bertz CT molecular complexity index is 823. The minimum Gasteiger partial charge on any atom is -0.364 e. The maximum absolute atomic E-state index is 12.8. The molecule has 2 aromatic heterocycles. The number of nitrogens with one attached hydrogen (secondary N) is 1. The van der Waals surface area contributed by atoms with Crippen LogP contribution in [0.3, 0.4) is 0 Å². The molecule has 126 valence electrons. The van der Waals surface area contributed by atoms with Crippen LogP contribution in [0.15, 0.2) is 67.1 Å². The summed E-state index contributed by atoms with van der Waals surface area (Å²) in [5.41, 5.74) is 2.09. The van der Waals surface area contributed by atoms with E-state index in [4.69, 9.17) is 0 Å². The van der Waals surface area contributed by atoms with Gasteiger partial charge in [0.05, 0.1) is 12.2 Å². The first-order chi connectivity index (χ1) is 12.3. The van der Waals surface area contributed by atoms with Gasteiger partial charge in [0.15, 0.2) is 0 Å². The molecule has 0 atom stereocenters. The van der Waals surface area contributed by atoms with Gasteiger partial charge in [-0.2, -0.15) is 0 Å². The van der Waals surface area contributed by atoms with Crippen LogP contribution < -0.4 is 10.2 Å². The molecule has 25 heavy (non-hydrogen) atoms. The number of carbonyl (C=O) groups is 1. The van der Waals surface area contributed by atoms with Crippen LogP contribution in [0.1, 0.15) is 23.1 Å². The van der Waals surface area contributed by atoms with Crippen molar-refractivity contribution in [2.75, 3.05) is 16.8 Å². The van der Waals surface area contributed by atoms with E-state index in [1.54, 1.807) is 17.2 Å². The Hall–Kier alpha value is -3.28. The third kappa shape index (κ3) is 4.17. The molecule has 6 nitrogen and oxygen atoms in total. The van der Waals surface area contributed by atoms with Crippen molar-refractivity contribution in [3.05, 3.63) is 78.5 Å². The molecule has 0 fully saturated rings. The molecule has 0 unspecified atom stereocenters. The van der Waals surface area contributed by atoms with Crippen molar-refractivity contribution < 1.29 is 4.79 Å². The van der Waals surface area contributed by atoms with Crippen molar-refractivity contribution in [1.82, 2.24) is 15.0 Å². The number of hydrogen-bond acceptors (Lipinski definition) is 5. The highest BCUT2D eigenvalue weighted by Gasteiger charge is 2.17. The van der Waals surface area contributed by atoms with E-state index in [9.17, 15) is 4.79 Å². The fourth-order valence-corrected chi connectivity index (χ4v) is 2.44. The average Bonchev–Trinajstić information content (AvgIpc) is 2.69. The minimum absolute atomic E-state index is 0.156. The number of amides is 1. The van der Waals surface area contributed by atoms with Crippen molar-refractivity contribution in [3.8, 4) is 0 Å². The molecule has 1 N–H and O–H groups in total. The zero-order chi connectivity index (χ0) is 17.5. The molecule has 3 rings (SSSR count). The summed E-state index contributed by atoms with van der Waals surface area (Å²) in [6, 6.07) is 16.9. The largest absolute Gasteiger partial charge is 0.364 e. The number of para-hydroxylation sites is 1. The summed E-state index contributed by atoms with van der Waals surface area (Å²) in [6.45, 7) is 3.03. The average molecular weight is 333 g/mol. The molecular formula is C19H19N5O. The Balaban J connectivity index is 1.75. The number of pyridine rings is 1. The van der Waals surface area contributed by atoms with Gasteiger partial charge in [-0.25, -0.2) is 9.97 Å². The summed E-state index contributed by atoms with van der Waals surface area (Å²) < 4.78 is 0. The van der Waals surface area contributed by atoms with Gasteiger partial charge in [-0.1, -0.05) is 24.3 Å². The lowest BCUT2D eigenvalue weighted by Crippen LogP contribution is -2.31. The number of benzene rings is 1. The van der Waals surface area contributed by atoms with Gasteiger partial charge in [-0.05, 0) is 31.2 Å². The predicted molar refractivity (Wildman–Crippen MR) is 97.4 cm³/mol. The summed E-state index contributed by atoms with van der Waals surface area (Å²) in [7, 11) is 0. The van der Waals surface area contributed by atoms with Gasteiger partial charge in [-0.15, -0.1) is 0 Å². The number of aromatic nitrogens is 3. The van der Waals surface area contributed by atoms with E-state index in [0.29, 0.717) is 24.6 Å². The van der Waals surface area contributed by atoms with Gasteiger partial charge in [-0.3, -0.25) is 9.78 Å². The van der Waals surface area contributed by atoms with E-state index in [2.05, 4.69) is 20.3 Å². The molecule has 0 aliphatic carbocycles. The fraction of sp³-hybridized carbons (Fsp3) is 0.158. The Kier molecular flexibility index (Phi) is 5.31. The lowest BCUT2D eigenvalue weighted by atomic mass is 10.2. The Morgan fingerprint density at radius 1 is 1.04 bits per heavy atom. The summed E-state index contributed by atoms with van der Waals surface area (Å²) in [4.78, 5) is 27.0. The predicted octanol–water partition coefficient (Wildman–Crippen LogP) is 3.15. The Morgan fingerprint density at radius 2 is 1.84 bits per heavy atom. The highest BCUT2D eigenvalue weighted by atomic mass is 16.2. The van der Waals surface area contributed by atoms with Gasteiger partial charge < -0.3 is 10.2 Å². The van der Waals surface area contributed by atoms with Crippen LogP contribution in [0.2, 0.25) is 0 Å². The summed E-state index contributed by atoms with van der Waals surface area (Å²) in [6.07, 6.45) is 3.14. The van der Waals surface area contributed by atoms with E-state index >= 15 is 0 Å². The molecule has 1 amide bonds. The van der Waals surface area contributed by atoms with Crippen molar-refractivity contribution in [1.29, 1.82) is 0 Å². The first-order valence-electron chi connectivity index (χ1n) is 8.10. The third-order valence-corrected chi connectivity index (χ3v) is 3.69. The molecule has 0 spiro atoms. The van der Waals surface area contributed by atoms with Gasteiger partial charge in [0.25, 0.3) is 5.91 Å². The second-order valence-electron chi connectivity index (χ2n) is 5.35. The van der Waals surface area contributed by atoms with Gasteiger partial charge in [0, 0.05) is 24.5 Å². The van der Waals surface area contributed by atoms with E-state index in [1.807, 2.05) is 55.5 Å². The second-order valence-corrected chi connectivity index (χ2v) is 5.35. The number of nitrogens with zero attached hydrogens (tertiary/aromatic N) is 4. The van der Waals surface area contributed by atoms with Crippen LogP contribution >= 0.6 is 0 Å². The molecule has 0 bridgehead atoms. The Labute approximate surface area is 146 Å². The highest BCUT2D eigenvalue weighted by Crippen LogP contribution is 2.16. The lowest BCUT2D eigenvalue weighted by molar-refractivity contribution is 0.0983. The minimum atomic E-state index is -0.156. The van der Waals surface area contributed by atoms with Crippen LogP contribution in [0, 0.1) is 0 Å². The van der Waals surface area contributed by atoms with Crippen LogP contribution in [-0.4, -0.2) is 27.4 Å². The highest BCUT2D eigenvalue weighted by molar-refractivity contribution is 6.05. The molecule has 0 aliphatic heterocycles. The first-order valence-corrected chi connectivity index (χ1v) is 8.10. The quantitative estimate of drug-likeness (QED) is 0.750. The van der Waals surface area contributed by atoms with Crippen molar-refractivity contribution in [2.24, 2.45) is 0 Å². The number of hydrogen-bond donors (Lipinski definition) is 1. The van der Waals surface area contributed by atoms with E-state index in [1.165, 1.54) is 6.33 Å². The summed E-state index contributed by atoms with van der Waals surface area (Å²) in [5, 5.41) is 3.17. The maximum Gasteiger partial charge on any atom is 0.277 e. The molecule has 1 aromatic carbocycles. The Morgan fingerprint density at radius 3 is 2.56 bits per heavy atom. The first kappa shape index (κ1) is 16.6. The topological polar surface area (TPSA) is 71.0 Å². The van der Waals surface area contributed by atoms with Crippen molar-refractivity contribution >= 4 is 17.4 Å². The molecule has 0 aliphatic rings. The number of carbonyl (C=O) groups excluding carboxylic acids is 1. The van der Waals surface area contributed by atoms with Crippen LogP contribution in [-0.2, 0) is 6.54 Å². The molecular weight excluding hydrogens is 314 g/mol. The normalized spacial score (nSPS) is 10.3. The van der Waals surface area contributed by atoms with Crippen molar-refractivity contribution in [2.45, 2.75) is 13.5 Å². The molecule has 6 heteroatoms. The van der Waals surface area contributed by atoms with Crippen LogP contribution in [0.4, 0.5) is 11.5 Å². The van der Waals surface area contributed by atoms with E-state index in [-0.39, 0.29) is 5.91 Å². The number of anilines is 2. The second kappa shape index (κ2) is 8.01. The zero-order valence-electron chi connectivity index (χ0n) is 14.0. The molecule has 0 radical (unpaired) electrons. The smallest absolute Gasteiger partial charge is 0.277 e. The van der Waals surface area contributed by atoms with Gasteiger partial charge in [0.1, 0.15) is 17.8 Å². The lowest BCUT2D eigenvalue weighted by Gasteiger charge is -2.20. The summed E-state index contributed by atoms with van der Waals surface area (Å²) in [5.74, 6) is 0.435. The van der Waals surface area contributed by atoms with Gasteiger partial charge in [0.2, 0.25) is 0 Å². The number of rotatable bonds is 6. The molecule has 3 aromatic rings. The fourth-order valence-electron chi connectivity index (χ4n) is 2.44. The van der Waals surface area contributed by atoms with E-state index in [0.717, 1.165) is 11.4 Å². The van der Waals surface area contributed by atoms with Gasteiger partial charge >= 0.3 is 0 Å². The zero-order valence-corrected chi connectivity index (χ0v) is 14.0. The van der Waals surface area contributed by atoms with E-state index < -0.39 is 0 Å². The molecule has 2 heterocycles. The van der Waals surface area contributed by atoms with Crippen LogP contribution in [0.5, 0.6) is 0 Å². The monoisotopic (exact) mass is 333 g/mol. The molecule has 0 saturated heterocycles. The summed E-state index contributed by atoms with van der Waals surface area (Å²) >= 11 is 0.